The van der Waals surface area contributed by atoms with Crippen molar-refractivity contribution in [2.45, 2.75) is 38.0 Å². The Morgan fingerprint density at radius 1 is 1.00 bits per heavy atom. The van der Waals surface area contributed by atoms with Crippen molar-refractivity contribution in [3.05, 3.63) is 69.9 Å². The number of hydrogen-bond acceptors (Lipinski definition) is 6. The Morgan fingerprint density at radius 3 is 2.52 bits per heavy atom. The standard InChI is InChI=1S/C21H19ClN2O4S/c1-13-6-10-16(11-7-13)29(25,26)28-18-12-19(22)23-24-21(18)27-20-14(2)8-9-15-4-3-5-17(15)20/h6-12H,3-5H2,1-2H3. The smallest absolute Gasteiger partial charge is 0.339 e. The van der Waals surface area contributed by atoms with Crippen molar-refractivity contribution in [1.29, 1.82) is 0 Å². The largest absolute Gasteiger partial charge is 0.434 e. The first-order valence-corrected chi connectivity index (χ1v) is 11.0. The van der Waals surface area contributed by atoms with E-state index in [-0.39, 0.29) is 21.7 Å². The zero-order valence-electron chi connectivity index (χ0n) is 16.0. The highest BCUT2D eigenvalue weighted by Gasteiger charge is 2.24. The molecule has 0 spiro atoms. The van der Waals surface area contributed by atoms with E-state index in [9.17, 15) is 8.42 Å². The molecule has 0 bridgehead atoms. The number of ether oxygens (including phenoxy) is 1. The number of fused-ring (bicyclic) bond motifs is 1. The van der Waals surface area contributed by atoms with Crippen molar-refractivity contribution in [3.8, 4) is 17.4 Å². The molecule has 0 unspecified atom stereocenters. The molecule has 0 saturated carbocycles. The molecule has 4 rings (SSSR count). The Balaban J connectivity index is 1.71. The van der Waals surface area contributed by atoms with Gasteiger partial charge in [0.15, 0.2) is 5.15 Å². The molecule has 1 aromatic heterocycles. The van der Waals surface area contributed by atoms with Crippen molar-refractivity contribution in [2.75, 3.05) is 0 Å². The third-order valence-corrected chi connectivity index (χ3v) is 6.27. The second-order valence-corrected chi connectivity index (χ2v) is 8.93. The molecule has 1 heterocycles. The predicted molar refractivity (Wildman–Crippen MR) is 109 cm³/mol. The van der Waals surface area contributed by atoms with Gasteiger partial charge in [0, 0.05) is 6.07 Å². The summed E-state index contributed by atoms with van der Waals surface area (Å²) in [4.78, 5) is 0.0266. The monoisotopic (exact) mass is 430 g/mol. The Labute approximate surface area is 174 Å². The van der Waals surface area contributed by atoms with Crippen molar-refractivity contribution in [2.24, 2.45) is 0 Å². The molecule has 0 amide bonds. The molecule has 1 aliphatic carbocycles. The van der Waals surface area contributed by atoms with Crippen LogP contribution in [0.4, 0.5) is 0 Å². The predicted octanol–water partition coefficient (Wildman–Crippen LogP) is 4.80. The van der Waals surface area contributed by atoms with Crippen LogP contribution in [0.1, 0.15) is 28.7 Å². The summed E-state index contributed by atoms with van der Waals surface area (Å²) in [6.07, 6.45) is 2.93. The topological polar surface area (TPSA) is 78.4 Å². The van der Waals surface area contributed by atoms with Gasteiger partial charge in [-0.1, -0.05) is 41.4 Å². The van der Waals surface area contributed by atoms with Gasteiger partial charge >= 0.3 is 10.1 Å². The van der Waals surface area contributed by atoms with Gasteiger partial charge in [-0.2, -0.15) is 8.42 Å². The van der Waals surface area contributed by atoms with Crippen LogP contribution in [0.5, 0.6) is 17.4 Å². The van der Waals surface area contributed by atoms with Crippen LogP contribution in [0.15, 0.2) is 47.4 Å². The molecule has 1 aliphatic rings. The number of rotatable bonds is 5. The summed E-state index contributed by atoms with van der Waals surface area (Å²) in [6.45, 7) is 3.80. The molecule has 29 heavy (non-hydrogen) atoms. The second kappa shape index (κ2) is 7.65. The number of aromatic nitrogens is 2. The third-order valence-electron chi connectivity index (χ3n) is 4.83. The van der Waals surface area contributed by atoms with E-state index < -0.39 is 10.1 Å². The van der Waals surface area contributed by atoms with Crippen LogP contribution < -0.4 is 8.92 Å². The first-order chi connectivity index (χ1) is 13.8. The molecule has 8 heteroatoms. The Bertz CT molecular complexity index is 1180. The van der Waals surface area contributed by atoms with E-state index in [1.807, 2.05) is 19.9 Å². The van der Waals surface area contributed by atoms with Crippen LogP contribution in [0.25, 0.3) is 0 Å². The lowest BCUT2D eigenvalue weighted by Crippen LogP contribution is -2.11. The van der Waals surface area contributed by atoms with Gasteiger partial charge in [-0.3, -0.25) is 0 Å². The molecule has 150 valence electrons. The van der Waals surface area contributed by atoms with Gasteiger partial charge in [0.25, 0.3) is 5.88 Å². The SMILES string of the molecule is Cc1ccc(S(=O)(=O)Oc2cc(Cl)nnc2Oc2c(C)ccc3c2CCC3)cc1. The molecule has 6 nitrogen and oxygen atoms in total. The van der Waals surface area contributed by atoms with Gasteiger partial charge in [0.05, 0.1) is 0 Å². The average molecular weight is 431 g/mol. The van der Waals surface area contributed by atoms with E-state index in [4.69, 9.17) is 20.5 Å². The highest BCUT2D eigenvalue weighted by molar-refractivity contribution is 7.87. The van der Waals surface area contributed by atoms with Gasteiger partial charge in [0.1, 0.15) is 10.6 Å². The minimum Gasteiger partial charge on any atom is -0.434 e. The minimum absolute atomic E-state index is 0.00136. The average Bonchev–Trinajstić information content (AvgIpc) is 3.15. The van der Waals surface area contributed by atoms with Gasteiger partial charge in [0.2, 0.25) is 5.75 Å². The van der Waals surface area contributed by atoms with E-state index >= 15 is 0 Å². The van der Waals surface area contributed by atoms with Crippen molar-refractivity contribution >= 4 is 21.7 Å². The van der Waals surface area contributed by atoms with Crippen LogP contribution in [-0.2, 0) is 23.0 Å². The van der Waals surface area contributed by atoms with E-state index in [0.717, 1.165) is 36.0 Å². The highest BCUT2D eigenvalue weighted by atomic mass is 35.5. The maximum atomic E-state index is 12.7. The zero-order valence-corrected chi connectivity index (χ0v) is 17.5. The van der Waals surface area contributed by atoms with Gasteiger partial charge in [-0.05, 0) is 61.9 Å². The van der Waals surface area contributed by atoms with Crippen molar-refractivity contribution < 1.29 is 17.3 Å². The van der Waals surface area contributed by atoms with Gasteiger partial charge in [-0.25, -0.2) is 0 Å². The summed E-state index contributed by atoms with van der Waals surface area (Å²) < 4.78 is 36.8. The molecular weight excluding hydrogens is 412 g/mol. The van der Waals surface area contributed by atoms with E-state index in [1.165, 1.54) is 23.8 Å². The fourth-order valence-corrected chi connectivity index (χ4v) is 4.39. The fraction of sp³-hybridized carbons (Fsp3) is 0.238. The van der Waals surface area contributed by atoms with E-state index in [1.54, 1.807) is 12.1 Å². The minimum atomic E-state index is -4.09. The van der Waals surface area contributed by atoms with Crippen LogP contribution in [0, 0.1) is 13.8 Å². The van der Waals surface area contributed by atoms with Gasteiger partial charge in [-0.15, -0.1) is 10.2 Å². The molecule has 2 aromatic carbocycles. The van der Waals surface area contributed by atoms with Crippen LogP contribution in [0.2, 0.25) is 5.15 Å². The Hall–Kier alpha value is -2.64. The summed E-state index contributed by atoms with van der Waals surface area (Å²) in [6, 6.07) is 11.7. The second-order valence-electron chi connectivity index (χ2n) is 6.99. The maximum absolute atomic E-state index is 12.7. The number of benzene rings is 2. The number of hydrogen-bond donors (Lipinski definition) is 0. The molecule has 0 saturated heterocycles. The Kier molecular flexibility index (Phi) is 5.19. The molecule has 0 radical (unpaired) electrons. The number of aryl methyl sites for hydroxylation is 3. The highest BCUT2D eigenvalue weighted by Crippen LogP contribution is 2.39. The first kappa shape index (κ1) is 19.7. The van der Waals surface area contributed by atoms with Crippen molar-refractivity contribution in [3.63, 3.8) is 0 Å². The maximum Gasteiger partial charge on any atom is 0.339 e. The summed E-state index contributed by atoms with van der Waals surface area (Å²) in [5.41, 5.74) is 4.20. The molecular formula is C21H19ClN2O4S. The molecule has 3 aromatic rings. The van der Waals surface area contributed by atoms with Crippen molar-refractivity contribution in [1.82, 2.24) is 10.2 Å². The Morgan fingerprint density at radius 2 is 1.76 bits per heavy atom. The summed E-state index contributed by atoms with van der Waals surface area (Å²) in [7, 11) is -4.09. The van der Waals surface area contributed by atoms with E-state index in [2.05, 4.69) is 16.3 Å². The molecule has 0 atom stereocenters. The molecule has 0 N–H and O–H groups in total. The molecule has 0 aliphatic heterocycles. The number of halogens is 1. The zero-order chi connectivity index (χ0) is 20.6. The fourth-order valence-electron chi connectivity index (χ4n) is 3.33. The van der Waals surface area contributed by atoms with Crippen LogP contribution in [-0.4, -0.2) is 18.6 Å². The lowest BCUT2D eigenvalue weighted by molar-refractivity contribution is 0.410. The summed E-state index contributed by atoms with van der Waals surface area (Å²) in [5.74, 6) is 0.503. The lowest BCUT2D eigenvalue weighted by atomic mass is 10.1. The third kappa shape index (κ3) is 4.06. The van der Waals surface area contributed by atoms with Crippen LogP contribution in [0.3, 0.4) is 0 Å². The quantitative estimate of drug-likeness (QED) is 0.541. The molecule has 0 fully saturated rings. The number of nitrogens with zero attached hydrogens (tertiary/aromatic N) is 2. The van der Waals surface area contributed by atoms with Gasteiger partial charge < -0.3 is 8.92 Å². The normalized spacial score (nSPS) is 13.2. The summed E-state index contributed by atoms with van der Waals surface area (Å²) >= 11 is 5.94. The lowest BCUT2D eigenvalue weighted by Gasteiger charge is -2.15. The van der Waals surface area contributed by atoms with Crippen LogP contribution >= 0.6 is 11.6 Å². The summed E-state index contributed by atoms with van der Waals surface area (Å²) in [5, 5.41) is 7.73. The van der Waals surface area contributed by atoms with E-state index in [0.29, 0.717) is 5.75 Å². The first-order valence-electron chi connectivity index (χ1n) is 9.17.